The fourth-order valence-corrected chi connectivity index (χ4v) is 2.47. The van der Waals surface area contributed by atoms with Crippen molar-refractivity contribution < 1.29 is 4.79 Å². The molecule has 0 aliphatic carbocycles. The lowest BCUT2D eigenvalue weighted by molar-refractivity contribution is 0.0980. The molecule has 1 aromatic carbocycles. The normalized spacial score (nSPS) is 10.7. The molecule has 0 bridgehead atoms. The summed E-state index contributed by atoms with van der Waals surface area (Å²) in [5.74, 6) is -0.0400. The highest BCUT2D eigenvalue weighted by molar-refractivity contribution is 7.15. The van der Waals surface area contributed by atoms with Gasteiger partial charge in [-0.2, -0.15) is 0 Å². The molecule has 0 aliphatic rings. The lowest BCUT2D eigenvalue weighted by Crippen LogP contribution is -2.37. The van der Waals surface area contributed by atoms with Gasteiger partial charge >= 0.3 is 0 Å². The van der Waals surface area contributed by atoms with Gasteiger partial charge in [0.25, 0.3) is 5.91 Å². The van der Waals surface area contributed by atoms with E-state index in [1.807, 2.05) is 51.1 Å². The van der Waals surface area contributed by atoms with Gasteiger partial charge in [0.05, 0.1) is 0 Å². The van der Waals surface area contributed by atoms with Gasteiger partial charge in [-0.05, 0) is 32.9 Å². The van der Waals surface area contributed by atoms with Crippen LogP contribution in [-0.4, -0.2) is 22.1 Å². The van der Waals surface area contributed by atoms with Crippen molar-refractivity contribution in [3.05, 3.63) is 40.9 Å². The Morgan fingerprint density at radius 1 is 1.22 bits per heavy atom. The van der Waals surface area contributed by atoms with Gasteiger partial charge in [-0.15, -0.1) is 10.2 Å². The fraction of sp³-hybridized carbons (Fsp3) is 0.308. The third-order valence-electron chi connectivity index (χ3n) is 2.48. The summed E-state index contributed by atoms with van der Waals surface area (Å²) in [4.78, 5) is 14.1. The first-order chi connectivity index (χ1) is 8.59. The summed E-state index contributed by atoms with van der Waals surface area (Å²) in [6.45, 7) is 5.82. The minimum Gasteiger partial charge on any atom is -0.280 e. The largest absolute Gasteiger partial charge is 0.280 e. The summed E-state index contributed by atoms with van der Waals surface area (Å²) >= 11 is 1.43. The molecule has 94 valence electrons. The molecule has 0 radical (unpaired) electrons. The standard InChI is InChI=1S/C13H15N3OS/c1-9(2)16(13-15-14-10(3)18-13)12(17)11-7-5-4-6-8-11/h4-9H,1-3H3. The number of rotatable bonds is 3. The van der Waals surface area contributed by atoms with Crippen molar-refractivity contribution in [2.45, 2.75) is 26.8 Å². The molecule has 1 heterocycles. The van der Waals surface area contributed by atoms with Crippen molar-refractivity contribution in [3.63, 3.8) is 0 Å². The quantitative estimate of drug-likeness (QED) is 0.853. The summed E-state index contributed by atoms with van der Waals surface area (Å²) < 4.78 is 0. The Bertz CT molecular complexity index is 536. The number of aryl methyl sites for hydroxylation is 1. The first kappa shape index (κ1) is 12.7. The van der Waals surface area contributed by atoms with Gasteiger partial charge in [0.2, 0.25) is 5.13 Å². The summed E-state index contributed by atoms with van der Waals surface area (Å²) in [5, 5.41) is 9.54. The van der Waals surface area contributed by atoms with E-state index < -0.39 is 0 Å². The Morgan fingerprint density at radius 2 is 1.89 bits per heavy atom. The molecule has 0 unspecified atom stereocenters. The summed E-state index contributed by atoms with van der Waals surface area (Å²) in [7, 11) is 0. The zero-order valence-corrected chi connectivity index (χ0v) is 11.4. The number of hydrogen-bond donors (Lipinski definition) is 0. The smallest absolute Gasteiger partial charge is 0.260 e. The van der Waals surface area contributed by atoms with E-state index in [2.05, 4.69) is 10.2 Å². The molecule has 5 heteroatoms. The van der Waals surface area contributed by atoms with Crippen LogP contribution in [0, 0.1) is 6.92 Å². The number of aromatic nitrogens is 2. The highest BCUT2D eigenvalue weighted by Gasteiger charge is 2.23. The average Bonchev–Trinajstić information content (AvgIpc) is 2.76. The fourth-order valence-electron chi connectivity index (χ4n) is 1.65. The van der Waals surface area contributed by atoms with Crippen LogP contribution in [0.4, 0.5) is 5.13 Å². The second kappa shape index (κ2) is 5.27. The lowest BCUT2D eigenvalue weighted by Gasteiger charge is -2.23. The summed E-state index contributed by atoms with van der Waals surface area (Å²) in [5.41, 5.74) is 0.666. The Hall–Kier alpha value is -1.75. The van der Waals surface area contributed by atoms with Crippen molar-refractivity contribution >= 4 is 22.4 Å². The maximum atomic E-state index is 12.5. The maximum absolute atomic E-state index is 12.5. The predicted molar refractivity (Wildman–Crippen MR) is 73.0 cm³/mol. The highest BCUT2D eigenvalue weighted by Crippen LogP contribution is 2.23. The van der Waals surface area contributed by atoms with Crippen molar-refractivity contribution in [1.29, 1.82) is 0 Å². The molecule has 2 aromatic rings. The van der Waals surface area contributed by atoms with Gasteiger partial charge in [0.1, 0.15) is 5.01 Å². The molecule has 0 N–H and O–H groups in total. The van der Waals surface area contributed by atoms with E-state index in [-0.39, 0.29) is 11.9 Å². The van der Waals surface area contributed by atoms with Crippen molar-refractivity contribution in [1.82, 2.24) is 10.2 Å². The number of carbonyl (C=O) groups is 1. The van der Waals surface area contributed by atoms with Crippen LogP contribution in [0.1, 0.15) is 29.2 Å². The van der Waals surface area contributed by atoms with Crippen molar-refractivity contribution in [2.24, 2.45) is 0 Å². The number of amides is 1. The van der Waals surface area contributed by atoms with Crippen LogP contribution in [0.5, 0.6) is 0 Å². The number of benzene rings is 1. The molecule has 0 aliphatic heterocycles. The Kier molecular flexibility index (Phi) is 3.72. The van der Waals surface area contributed by atoms with Gasteiger partial charge in [0, 0.05) is 11.6 Å². The van der Waals surface area contributed by atoms with E-state index in [0.717, 1.165) is 5.01 Å². The second-order valence-electron chi connectivity index (χ2n) is 4.24. The van der Waals surface area contributed by atoms with Crippen LogP contribution >= 0.6 is 11.3 Å². The molecule has 2 rings (SSSR count). The van der Waals surface area contributed by atoms with E-state index >= 15 is 0 Å². The Labute approximate surface area is 110 Å². The average molecular weight is 261 g/mol. The first-order valence-electron chi connectivity index (χ1n) is 5.78. The monoisotopic (exact) mass is 261 g/mol. The molecule has 0 fully saturated rings. The summed E-state index contributed by atoms with van der Waals surface area (Å²) in [6.07, 6.45) is 0. The number of carbonyl (C=O) groups excluding carboxylic acids is 1. The van der Waals surface area contributed by atoms with Crippen LogP contribution in [0.2, 0.25) is 0 Å². The van der Waals surface area contributed by atoms with Crippen molar-refractivity contribution in [3.8, 4) is 0 Å². The minimum atomic E-state index is -0.0400. The molecule has 1 amide bonds. The van der Waals surface area contributed by atoms with Gasteiger partial charge in [-0.1, -0.05) is 29.5 Å². The van der Waals surface area contributed by atoms with Crippen LogP contribution < -0.4 is 4.90 Å². The molecule has 0 atom stereocenters. The van der Waals surface area contributed by atoms with Gasteiger partial charge in [-0.25, -0.2) is 0 Å². The number of nitrogens with zero attached hydrogens (tertiary/aromatic N) is 3. The van der Waals surface area contributed by atoms with Crippen LogP contribution in [0.25, 0.3) is 0 Å². The second-order valence-corrected chi connectivity index (χ2v) is 5.40. The maximum Gasteiger partial charge on any atom is 0.260 e. The van der Waals surface area contributed by atoms with E-state index in [1.54, 1.807) is 4.90 Å². The van der Waals surface area contributed by atoms with Gasteiger partial charge < -0.3 is 0 Å². The SMILES string of the molecule is Cc1nnc(N(C(=O)c2ccccc2)C(C)C)s1. The zero-order valence-electron chi connectivity index (χ0n) is 10.6. The number of anilines is 1. The van der Waals surface area contributed by atoms with E-state index in [1.165, 1.54) is 11.3 Å². The van der Waals surface area contributed by atoms with Gasteiger partial charge in [-0.3, -0.25) is 9.69 Å². The highest BCUT2D eigenvalue weighted by atomic mass is 32.1. The Morgan fingerprint density at radius 3 is 2.39 bits per heavy atom. The molecule has 0 saturated carbocycles. The van der Waals surface area contributed by atoms with E-state index in [0.29, 0.717) is 10.7 Å². The molecule has 0 saturated heterocycles. The lowest BCUT2D eigenvalue weighted by atomic mass is 10.2. The molecule has 0 spiro atoms. The topological polar surface area (TPSA) is 46.1 Å². The first-order valence-corrected chi connectivity index (χ1v) is 6.60. The van der Waals surface area contributed by atoms with E-state index in [4.69, 9.17) is 0 Å². The number of hydrogen-bond acceptors (Lipinski definition) is 4. The predicted octanol–water partition coefficient (Wildman–Crippen LogP) is 2.90. The van der Waals surface area contributed by atoms with Gasteiger partial charge in [0.15, 0.2) is 0 Å². The third-order valence-corrected chi connectivity index (χ3v) is 3.32. The third kappa shape index (κ3) is 2.56. The van der Waals surface area contributed by atoms with Crippen LogP contribution in [-0.2, 0) is 0 Å². The molecular weight excluding hydrogens is 246 g/mol. The van der Waals surface area contributed by atoms with E-state index in [9.17, 15) is 4.79 Å². The molecule has 18 heavy (non-hydrogen) atoms. The molecular formula is C13H15N3OS. The van der Waals surface area contributed by atoms with Crippen LogP contribution in [0.15, 0.2) is 30.3 Å². The molecule has 1 aromatic heterocycles. The summed E-state index contributed by atoms with van der Waals surface area (Å²) in [6, 6.07) is 9.28. The Balaban J connectivity index is 2.35. The minimum absolute atomic E-state index is 0.0400. The molecule has 4 nitrogen and oxygen atoms in total. The van der Waals surface area contributed by atoms with Crippen molar-refractivity contribution in [2.75, 3.05) is 4.90 Å². The zero-order chi connectivity index (χ0) is 13.1. The van der Waals surface area contributed by atoms with Crippen LogP contribution in [0.3, 0.4) is 0 Å².